The molecule has 3 aromatic rings. The van der Waals surface area contributed by atoms with Crippen molar-refractivity contribution >= 4 is 33.1 Å². The highest BCUT2D eigenvalue weighted by atomic mass is 32.2. The van der Waals surface area contributed by atoms with E-state index in [0.29, 0.717) is 23.0 Å². The third-order valence-corrected chi connectivity index (χ3v) is 8.01. The normalized spacial score (nSPS) is 11.7. The molecule has 30 heavy (non-hydrogen) atoms. The molecule has 1 aromatic carbocycles. The molecule has 2 heterocycles. The summed E-state index contributed by atoms with van der Waals surface area (Å²) in [6.07, 6.45) is 3.30. The van der Waals surface area contributed by atoms with Crippen LogP contribution < -0.4 is 5.32 Å². The molecule has 0 aliphatic heterocycles. The van der Waals surface area contributed by atoms with E-state index in [1.807, 2.05) is 0 Å². The number of thiophene rings is 1. The number of anilines is 1. The topological polar surface area (TPSA) is 84.3 Å². The van der Waals surface area contributed by atoms with Crippen LogP contribution in [0.5, 0.6) is 0 Å². The lowest BCUT2D eigenvalue weighted by atomic mass is 10.1. The van der Waals surface area contributed by atoms with Crippen molar-refractivity contribution in [1.82, 2.24) is 14.1 Å². The fraction of sp³-hybridized carbons (Fsp3) is 0.333. The van der Waals surface area contributed by atoms with Gasteiger partial charge in [0.05, 0.1) is 12.7 Å². The second-order valence-electron chi connectivity index (χ2n) is 6.95. The number of carbonyl (C=O) groups excluding carboxylic acids is 1. The Morgan fingerprint density at radius 1 is 1.17 bits per heavy atom. The smallest absolute Gasteiger partial charge is 0.252 e. The summed E-state index contributed by atoms with van der Waals surface area (Å²) in [6, 6.07) is 13.4. The lowest BCUT2D eigenvalue weighted by molar-refractivity contribution is -0.116. The molecule has 0 aliphatic rings. The van der Waals surface area contributed by atoms with Crippen molar-refractivity contribution < 1.29 is 13.2 Å². The number of hydrogen-bond donors (Lipinski definition) is 1. The lowest BCUT2D eigenvalue weighted by Gasteiger charge is -2.15. The summed E-state index contributed by atoms with van der Waals surface area (Å²) in [6.45, 7) is 2.95. The van der Waals surface area contributed by atoms with Crippen LogP contribution in [0.4, 0.5) is 5.82 Å². The molecule has 0 unspecified atom stereocenters. The number of aromatic nitrogens is 2. The summed E-state index contributed by atoms with van der Waals surface area (Å²) >= 11 is 1.19. The predicted octanol–water partition coefficient (Wildman–Crippen LogP) is 3.59. The largest absolute Gasteiger partial charge is 0.311 e. The summed E-state index contributed by atoms with van der Waals surface area (Å²) in [5.74, 6) is 0.458. The molecule has 2 aromatic heterocycles. The molecule has 0 atom stereocenters. The second kappa shape index (κ2) is 10.0. The van der Waals surface area contributed by atoms with Gasteiger partial charge in [0.2, 0.25) is 5.91 Å². The van der Waals surface area contributed by atoms with E-state index in [0.717, 1.165) is 12.0 Å². The van der Waals surface area contributed by atoms with Crippen molar-refractivity contribution in [2.75, 3.05) is 18.9 Å². The summed E-state index contributed by atoms with van der Waals surface area (Å²) in [5.41, 5.74) is 2.38. The third-order valence-electron chi connectivity index (χ3n) is 4.78. The van der Waals surface area contributed by atoms with E-state index in [4.69, 9.17) is 0 Å². The number of aryl methyl sites for hydroxylation is 1. The van der Waals surface area contributed by atoms with Crippen LogP contribution in [0, 0.1) is 0 Å². The highest BCUT2D eigenvalue weighted by Gasteiger charge is 2.21. The molecule has 0 fully saturated rings. The Labute approximate surface area is 181 Å². The molecule has 160 valence electrons. The minimum absolute atomic E-state index is 0.167. The number of sulfonamides is 1. The molecule has 0 saturated heterocycles. The standard InChI is InChI=1S/C21H26N4O3S2/c1-3-17-8-10-18(11-9-17)16-25-19(12-13-22-25)23-20(26)6-4-14-24(2)30(27,28)21-7-5-15-29-21/h5,7-13,15H,3-4,6,14,16H2,1-2H3,(H,23,26). The molecule has 3 rings (SSSR count). The lowest BCUT2D eigenvalue weighted by Crippen LogP contribution is -2.28. The average molecular weight is 447 g/mol. The van der Waals surface area contributed by atoms with E-state index in [1.165, 1.54) is 28.3 Å². The molecule has 1 amide bonds. The molecular formula is C21H26N4O3S2. The molecular weight excluding hydrogens is 420 g/mol. The number of benzene rings is 1. The predicted molar refractivity (Wildman–Crippen MR) is 119 cm³/mol. The fourth-order valence-electron chi connectivity index (χ4n) is 2.97. The Morgan fingerprint density at radius 3 is 2.57 bits per heavy atom. The zero-order valence-electron chi connectivity index (χ0n) is 17.1. The average Bonchev–Trinajstić information content (AvgIpc) is 3.41. The van der Waals surface area contributed by atoms with Crippen LogP contribution in [-0.2, 0) is 27.8 Å². The maximum absolute atomic E-state index is 12.4. The van der Waals surface area contributed by atoms with Gasteiger partial charge in [0.15, 0.2) is 0 Å². The first-order chi connectivity index (χ1) is 14.4. The van der Waals surface area contributed by atoms with Crippen molar-refractivity contribution in [2.45, 2.75) is 36.9 Å². The quantitative estimate of drug-likeness (QED) is 0.516. The van der Waals surface area contributed by atoms with Gasteiger partial charge in [-0.05, 0) is 35.4 Å². The Morgan fingerprint density at radius 2 is 1.90 bits per heavy atom. The monoisotopic (exact) mass is 446 g/mol. The van der Waals surface area contributed by atoms with Crippen LogP contribution in [-0.4, -0.2) is 42.0 Å². The first kappa shape index (κ1) is 22.2. The Kier molecular flexibility index (Phi) is 7.41. The van der Waals surface area contributed by atoms with Crippen LogP contribution >= 0.6 is 11.3 Å². The van der Waals surface area contributed by atoms with Crippen LogP contribution in [0.15, 0.2) is 58.3 Å². The molecule has 9 heteroatoms. The first-order valence-electron chi connectivity index (χ1n) is 9.79. The van der Waals surface area contributed by atoms with E-state index < -0.39 is 10.0 Å². The van der Waals surface area contributed by atoms with Gasteiger partial charge in [-0.15, -0.1) is 11.3 Å². The van der Waals surface area contributed by atoms with Gasteiger partial charge < -0.3 is 5.32 Å². The van der Waals surface area contributed by atoms with Gasteiger partial charge in [0.1, 0.15) is 10.0 Å². The number of carbonyl (C=O) groups is 1. The van der Waals surface area contributed by atoms with Gasteiger partial charge in [0.25, 0.3) is 10.0 Å². The summed E-state index contributed by atoms with van der Waals surface area (Å²) in [5, 5.41) is 8.89. The summed E-state index contributed by atoms with van der Waals surface area (Å²) in [4.78, 5) is 12.3. The molecule has 0 spiro atoms. The van der Waals surface area contributed by atoms with Crippen molar-refractivity contribution in [3.05, 3.63) is 65.2 Å². The Bertz CT molecular complexity index is 1060. The molecule has 1 N–H and O–H groups in total. The molecule has 0 bridgehead atoms. The van der Waals surface area contributed by atoms with Gasteiger partial charge in [0, 0.05) is 26.1 Å². The Balaban J connectivity index is 1.50. The molecule has 0 aliphatic carbocycles. The SMILES string of the molecule is CCc1ccc(Cn2nccc2NC(=O)CCCN(C)S(=O)(=O)c2cccs2)cc1. The van der Waals surface area contributed by atoms with Crippen LogP contribution in [0.3, 0.4) is 0 Å². The van der Waals surface area contributed by atoms with Gasteiger partial charge >= 0.3 is 0 Å². The van der Waals surface area contributed by atoms with Crippen molar-refractivity contribution in [3.8, 4) is 0 Å². The number of hydrogen-bond acceptors (Lipinski definition) is 5. The highest BCUT2D eigenvalue weighted by Crippen LogP contribution is 2.20. The van der Waals surface area contributed by atoms with E-state index in [1.54, 1.807) is 34.5 Å². The van der Waals surface area contributed by atoms with E-state index in [2.05, 4.69) is 41.6 Å². The zero-order chi connectivity index (χ0) is 21.6. The Hall–Kier alpha value is -2.49. The number of nitrogens with one attached hydrogen (secondary N) is 1. The molecule has 0 saturated carbocycles. The number of rotatable bonds is 10. The van der Waals surface area contributed by atoms with E-state index in [9.17, 15) is 13.2 Å². The van der Waals surface area contributed by atoms with E-state index >= 15 is 0 Å². The van der Waals surface area contributed by atoms with Gasteiger partial charge in [-0.3, -0.25) is 4.79 Å². The minimum Gasteiger partial charge on any atom is -0.311 e. The maximum Gasteiger partial charge on any atom is 0.252 e. The molecule has 0 radical (unpaired) electrons. The van der Waals surface area contributed by atoms with Crippen molar-refractivity contribution in [3.63, 3.8) is 0 Å². The second-order valence-corrected chi connectivity index (χ2v) is 10.2. The van der Waals surface area contributed by atoms with Crippen LogP contribution in [0.2, 0.25) is 0 Å². The highest BCUT2D eigenvalue weighted by molar-refractivity contribution is 7.91. The number of amides is 1. The maximum atomic E-state index is 12.4. The summed E-state index contributed by atoms with van der Waals surface area (Å²) < 4.78 is 28.2. The molecule has 7 nitrogen and oxygen atoms in total. The van der Waals surface area contributed by atoms with Crippen LogP contribution in [0.25, 0.3) is 0 Å². The fourth-order valence-corrected chi connectivity index (χ4v) is 5.38. The van der Waals surface area contributed by atoms with Gasteiger partial charge in [-0.25, -0.2) is 17.4 Å². The van der Waals surface area contributed by atoms with Gasteiger partial charge in [-0.1, -0.05) is 37.3 Å². The van der Waals surface area contributed by atoms with Gasteiger partial charge in [-0.2, -0.15) is 5.10 Å². The van der Waals surface area contributed by atoms with Crippen molar-refractivity contribution in [2.24, 2.45) is 0 Å². The van der Waals surface area contributed by atoms with Crippen molar-refractivity contribution in [1.29, 1.82) is 0 Å². The minimum atomic E-state index is -3.48. The summed E-state index contributed by atoms with van der Waals surface area (Å²) in [7, 11) is -1.95. The van der Waals surface area contributed by atoms with Crippen LogP contribution in [0.1, 0.15) is 30.9 Å². The third kappa shape index (κ3) is 5.56. The first-order valence-corrected chi connectivity index (χ1v) is 12.1. The number of nitrogens with zero attached hydrogens (tertiary/aromatic N) is 3. The zero-order valence-corrected chi connectivity index (χ0v) is 18.7. The van der Waals surface area contributed by atoms with E-state index in [-0.39, 0.29) is 18.9 Å².